The van der Waals surface area contributed by atoms with E-state index in [1.807, 2.05) is 6.08 Å². The number of fused-ring (bicyclic) bond motifs is 5. The maximum atomic E-state index is 12.7. The van der Waals surface area contributed by atoms with Crippen molar-refractivity contribution < 1.29 is 83.2 Å². The van der Waals surface area contributed by atoms with Gasteiger partial charge in [-0.1, -0.05) is 25.5 Å². The SMILES string of the molecule is CO[C@@H]1C[C@H](O[C@H]2[C@@H](O)C[C@H](O[C@H]3[C@@H](O)C[C@H](O[C@H]4[C@@H](O)C[C@H](O[C@H]5CC[C@@]6(C)C(=CC[C@]7(O)[C@@H]6C[C@@H](O)[C@]6(C)[C@H](C(C)=O)CC[C@@]67O)C5)O[C@@H]4C)O[C@@H]3C)O[C@@H]2C)O[C@H](C)[C@H]1O. The predicted molar refractivity (Wildman–Crippen MR) is 220 cm³/mol. The van der Waals surface area contributed by atoms with Crippen LogP contribution >= 0.6 is 0 Å². The molecule has 0 aromatic rings. The lowest BCUT2D eigenvalue weighted by Crippen LogP contribution is -2.75. The van der Waals surface area contributed by atoms with Crippen LogP contribution in [0.5, 0.6) is 0 Å². The third-order valence-corrected chi connectivity index (χ3v) is 17.1. The Morgan fingerprint density at radius 1 is 0.683 bits per heavy atom. The first-order valence-corrected chi connectivity index (χ1v) is 23.4. The van der Waals surface area contributed by atoms with Gasteiger partial charge in [-0.15, -0.1) is 0 Å². The first-order chi connectivity index (χ1) is 29.6. The summed E-state index contributed by atoms with van der Waals surface area (Å²) in [5.74, 6) is -0.991. The Morgan fingerprint density at radius 3 is 1.67 bits per heavy atom. The Morgan fingerprint density at radius 2 is 1.17 bits per heavy atom. The maximum absolute atomic E-state index is 12.7. The smallest absolute Gasteiger partial charge is 0.161 e. The molecule has 7 N–H and O–H groups in total. The molecule has 3 saturated carbocycles. The second-order valence-electron chi connectivity index (χ2n) is 20.7. The molecule has 0 aromatic carbocycles. The number of rotatable bonds is 10. The van der Waals surface area contributed by atoms with E-state index in [0.29, 0.717) is 38.5 Å². The zero-order valence-electron chi connectivity index (χ0n) is 38.1. The molecule has 7 fully saturated rings. The summed E-state index contributed by atoms with van der Waals surface area (Å²) < 4.78 is 54.8. The number of Topliss-reactive ketones (excluding diaryl/α,β-unsaturated/α-hetero) is 1. The molecular formula is C46H74O17. The number of ether oxygens (including phenoxy) is 9. The largest absolute Gasteiger partial charge is 0.392 e. The molecule has 0 aromatic heterocycles. The van der Waals surface area contributed by atoms with E-state index in [2.05, 4.69) is 6.92 Å². The fourth-order valence-electron chi connectivity index (χ4n) is 13.4. The van der Waals surface area contributed by atoms with Crippen LogP contribution < -0.4 is 0 Å². The predicted octanol–water partition coefficient (Wildman–Crippen LogP) is 1.89. The van der Waals surface area contributed by atoms with E-state index in [9.17, 15) is 40.5 Å². The molecule has 63 heavy (non-hydrogen) atoms. The summed E-state index contributed by atoms with van der Waals surface area (Å²) in [7, 11) is 1.52. The lowest BCUT2D eigenvalue weighted by Gasteiger charge is -2.66. The van der Waals surface area contributed by atoms with Gasteiger partial charge in [-0.05, 0) is 85.0 Å². The van der Waals surface area contributed by atoms with Crippen LogP contribution in [0.25, 0.3) is 0 Å². The minimum Gasteiger partial charge on any atom is -0.392 e. The van der Waals surface area contributed by atoms with Gasteiger partial charge in [0.05, 0.1) is 61.0 Å². The Labute approximate surface area is 370 Å². The number of hydrogen-bond acceptors (Lipinski definition) is 17. The number of hydrogen-bond donors (Lipinski definition) is 7. The summed E-state index contributed by atoms with van der Waals surface area (Å²) in [6, 6.07) is 0. The zero-order valence-corrected chi connectivity index (χ0v) is 38.1. The van der Waals surface area contributed by atoms with Crippen LogP contribution in [0.4, 0.5) is 0 Å². The van der Waals surface area contributed by atoms with Gasteiger partial charge in [0, 0.05) is 50.0 Å². The number of methoxy groups -OCH3 is 1. The number of carbonyl (C=O) groups excluding carboxylic acids is 1. The molecule has 4 aliphatic heterocycles. The van der Waals surface area contributed by atoms with Gasteiger partial charge in [0.15, 0.2) is 25.2 Å². The van der Waals surface area contributed by atoms with Crippen molar-refractivity contribution in [2.24, 2.45) is 22.7 Å². The van der Waals surface area contributed by atoms with E-state index < -0.39 is 138 Å². The van der Waals surface area contributed by atoms with Gasteiger partial charge in [-0.3, -0.25) is 4.79 Å². The molecule has 360 valence electrons. The molecule has 0 bridgehead atoms. The highest BCUT2D eigenvalue weighted by atomic mass is 16.8. The lowest BCUT2D eigenvalue weighted by atomic mass is 9.43. The molecule has 17 heteroatoms. The van der Waals surface area contributed by atoms with E-state index in [1.165, 1.54) is 14.0 Å². The van der Waals surface area contributed by atoms with Crippen LogP contribution in [0.2, 0.25) is 0 Å². The highest BCUT2D eigenvalue weighted by Crippen LogP contribution is 2.69. The fourth-order valence-corrected chi connectivity index (χ4v) is 13.4. The Kier molecular flexibility index (Phi) is 13.8. The highest BCUT2D eigenvalue weighted by Gasteiger charge is 2.76. The normalized spacial score (nSPS) is 55.0. The van der Waals surface area contributed by atoms with Crippen LogP contribution in [0.15, 0.2) is 11.6 Å². The number of aliphatic hydroxyl groups is 7. The molecule has 24 atom stereocenters. The third kappa shape index (κ3) is 8.33. The summed E-state index contributed by atoms with van der Waals surface area (Å²) in [6.07, 6.45) is -7.32. The first-order valence-electron chi connectivity index (χ1n) is 23.4. The molecule has 0 spiro atoms. The van der Waals surface area contributed by atoms with E-state index in [1.54, 1.807) is 34.6 Å². The van der Waals surface area contributed by atoms with Crippen molar-refractivity contribution in [2.75, 3.05) is 7.11 Å². The summed E-state index contributed by atoms with van der Waals surface area (Å²) in [5.41, 5.74) is -3.60. The lowest BCUT2D eigenvalue weighted by molar-refractivity contribution is -0.344. The van der Waals surface area contributed by atoms with Gasteiger partial charge >= 0.3 is 0 Å². The van der Waals surface area contributed by atoms with Crippen molar-refractivity contribution in [2.45, 2.75) is 241 Å². The zero-order chi connectivity index (χ0) is 45.6. The molecule has 8 rings (SSSR count). The van der Waals surface area contributed by atoms with Crippen molar-refractivity contribution >= 4 is 5.78 Å². The van der Waals surface area contributed by atoms with E-state index in [-0.39, 0.29) is 44.0 Å². The van der Waals surface area contributed by atoms with E-state index >= 15 is 0 Å². The highest BCUT2D eigenvalue weighted by molar-refractivity contribution is 5.80. The maximum Gasteiger partial charge on any atom is 0.161 e. The van der Waals surface area contributed by atoms with Gasteiger partial charge in [0.25, 0.3) is 0 Å². The number of carbonyl (C=O) groups is 1. The Bertz CT molecular complexity index is 1630. The van der Waals surface area contributed by atoms with Gasteiger partial charge in [0.2, 0.25) is 0 Å². The monoisotopic (exact) mass is 898 g/mol. The minimum absolute atomic E-state index is 0.0577. The van der Waals surface area contributed by atoms with E-state index in [0.717, 1.165) is 5.57 Å². The van der Waals surface area contributed by atoms with Crippen LogP contribution in [0, 0.1) is 22.7 Å². The average molecular weight is 899 g/mol. The summed E-state index contributed by atoms with van der Waals surface area (Å²) >= 11 is 0. The average Bonchev–Trinajstić information content (AvgIpc) is 3.51. The Hall–Kier alpha value is -1.23. The Balaban J connectivity index is 0.813. The second kappa shape index (κ2) is 18.0. The second-order valence-corrected chi connectivity index (χ2v) is 20.7. The van der Waals surface area contributed by atoms with Crippen molar-refractivity contribution in [3.05, 3.63) is 11.6 Å². The first kappa shape index (κ1) is 48.2. The van der Waals surface area contributed by atoms with Crippen molar-refractivity contribution in [1.29, 1.82) is 0 Å². The van der Waals surface area contributed by atoms with Crippen LogP contribution in [0.1, 0.15) is 119 Å². The van der Waals surface area contributed by atoms with Crippen molar-refractivity contribution in [1.82, 2.24) is 0 Å². The van der Waals surface area contributed by atoms with Gasteiger partial charge < -0.3 is 78.4 Å². The standard InChI is InChI=1S/C46H74O17/c1-21(47)28-11-14-46(54)44(28,7)34(51)20-33-43(6)12-10-27(15-26(43)9-13-45(33,46)53)60-35-16-29(48)40(23(3)57-35)61-36-17-30(49)41(24(4)58-36)62-37-18-31(50)42(25(5)59-37)63-38-19-32(55-8)39(52)22(2)56-38/h9,22-25,27-42,48-54H,10-20H2,1-8H3/t22-,23-,24-,25-,27+,28+,29+,30+,31+,32-,33-,34-,35+,36+,37+,38+,39-,40-,41-,42-,43+,44+,45+,46-/m1/s1. The summed E-state index contributed by atoms with van der Waals surface area (Å²) in [6.45, 7) is 12.5. The molecule has 17 nitrogen and oxygen atoms in total. The van der Waals surface area contributed by atoms with Crippen molar-refractivity contribution in [3.63, 3.8) is 0 Å². The van der Waals surface area contributed by atoms with E-state index in [4.69, 9.17) is 42.6 Å². The van der Waals surface area contributed by atoms with Crippen LogP contribution in [-0.2, 0) is 47.4 Å². The summed E-state index contributed by atoms with van der Waals surface area (Å²) in [4.78, 5) is 12.7. The van der Waals surface area contributed by atoms with Crippen molar-refractivity contribution in [3.8, 4) is 0 Å². The topological polar surface area (TPSA) is 242 Å². The molecule has 4 saturated heterocycles. The molecule has 0 radical (unpaired) electrons. The third-order valence-electron chi connectivity index (χ3n) is 17.1. The molecule has 0 amide bonds. The number of ketones is 1. The van der Waals surface area contributed by atoms with Gasteiger partial charge in [0.1, 0.15) is 41.4 Å². The molecule has 8 aliphatic rings. The van der Waals surface area contributed by atoms with Gasteiger partial charge in [-0.2, -0.15) is 0 Å². The molecular weight excluding hydrogens is 824 g/mol. The van der Waals surface area contributed by atoms with Crippen LogP contribution in [-0.4, -0.2) is 170 Å². The molecule has 4 aliphatic carbocycles. The number of aliphatic hydroxyl groups excluding tert-OH is 5. The minimum atomic E-state index is -1.60. The molecule has 0 unspecified atom stereocenters. The van der Waals surface area contributed by atoms with Gasteiger partial charge in [-0.25, -0.2) is 0 Å². The van der Waals surface area contributed by atoms with Crippen LogP contribution in [0.3, 0.4) is 0 Å². The quantitative estimate of drug-likeness (QED) is 0.155. The fraction of sp³-hybridized carbons (Fsp3) is 0.935. The summed E-state index contributed by atoms with van der Waals surface area (Å²) in [5, 5.41) is 80.5. The molecule has 4 heterocycles.